The minimum absolute atomic E-state index is 0.0795. The number of carbonyl (C=O) groups is 1. The third kappa shape index (κ3) is 3.90. The Morgan fingerprint density at radius 3 is 3.00 bits per heavy atom. The van der Waals surface area contributed by atoms with Crippen LogP contribution in [0.15, 0.2) is 22.7 Å². The first-order valence-corrected chi connectivity index (χ1v) is 7.04. The fraction of sp³-hybridized carbons (Fsp3) is 0.250. The van der Waals surface area contributed by atoms with Gasteiger partial charge in [-0.05, 0) is 40.8 Å². The lowest BCUT2D eigenvalue weighted by Crippen LogP contribution is -2.22. The Kier molecular flexibility index (Phi) is 4.76. The van der Waals surface area contributed by atoms with Gasteiger partial charge in [-0.2, -0.15) is 4.98 Å². The summed E-state index contributed by atoms with van der Waals surface area (Å²) in [5.41, 5.74) is 0.806. The number of amides is 1. The van der Waals surface area contributed by atoms with Gasteiger partial charge in [0.15, 0.2) is 0 Å². The summed E-state index contributed by atoms with van der Waals surface area (Å²) in [6.07, 6.45) is 0.505. The zero-order valence-corrected chi connectivity index (χ0v) is 13.0. The number of carbonyl (C=O) groups excluding carboxylic acids is 1. The van der Waals surface area contributed by atoms with Gasteiger partial charge in [-0.1, -0.05) is 16.8 Å². The van der Waals surface area contributed by atoms with E-state index in [1.165, 1.54) is 6.92 Å². The van der Waals surface area contributed by atoms with Gasteiger partial charge in [-0.25, -0.2) is 0 Å². The number of benzene rings is 1. The summed E-state index contributed by atoms with van der Waals surface area (Å²) >= 11 is 8.20. The van der Waals surface area contributed by atoms with Gasteiger partial charge in [-0.3, -0.25) is 4.79 Å². The van der Waals surface area contributed by atoms with Crippen LogP contribution in [0.2, 0.25) is 5.02 Å². The molecule has 7 heteroatoms. The van der Waals surface area contributed by atoms with Crippen LogP contribution in [0.4, 0.5) is 0 Å². The average Bonchev–Trinajstić information content (AvgIpc) is 2.81. The average molecular weight is 392 g/mol. The summed E-state index contributed by atoms with van der Waals surface area (Å²) in [7, 11) is 0. The van der Waals surface area contributed by atoms with Crippen molar-refractivity contribution < 1.29 is 9.32 Å². The molecule has 1 N–H and O–H groups in total. The molecule has 0 aliphatic carbocycles. The molecule has 2 rings (SSSR count). The van der Waals surface area contributed by atoms with Crippen LogP contribution >= 0.6 is 34.2 Å². The van der Waals surface area contributed by atoms with Crippen LogP contribution in [-0.4, -0.2) is 22.6 Å². The van der Waals surface area contributed by atoms with Gasteiger partial charge in [-0.15, -0.1) is 0 Å². The van der Waals surface area contributed by atoms with Crippen molar-refractivity contribution in [3.8, 4) is 11.4 Å². The molecule has 0 unspecified atom stereocenters. The molecular formula is C12H11ClIN3O2. The van der Waals surface area contributed by atoms with Crippen LogP contribution in [-0.2, 0) is 11.2 Å². The molecule has 0 fully saturated rings. The molecule has 1 aromatic heterocycles. The van der Waals surface area contributed by atoms with Gasteiger partial charge in [0, 0.05) is 29.0 Å². The highest BCUT2D eigenvalue weighted by molar-refractivity contribution is 14.1. The maximum absolute atomic E-state index is 10.7. The number of rotatable bonds is 4. The summed E-state index contributed by atoms with van der Waals surface area (Å²) in [5.74, 6) is 0.902. The lowest BCUT2D eigenvalue weighted by molar-refractivity contribution is -0.118. The Morgan fingerprint density at radius 1 is 1.53 bits per heavy atom. The second-order valence-corrected chi connectivity index (χ2v) is 5.44. The first kappa shape index (κ1) is 14.3. The molecule has 0 radical (unpaired) electrons. The van der Waals surface area contributed by atoms with E-state index in [0.29, 0.717) is 29.7 Å². The maximum Gasteiger partial charge on any atom is 0.228 e. The van der Waals surface area contributed by atoms with Crippen molar-refractivity contribution in [3.05, 3.63) is 32.7 Å². The second kappa shape index (κ2) is 6.33. The molecule has 19 heavy (non-hydrogen) atoms. The quantitative estimate of drug-likeness (QED) is 0.814. The Morgan fingerprint density at radius 2 is 2.32 bits per heavy atom. The number of nitrogens with one attached hydrogen (secondary N) is 1. The lowest BCUT2D eigenvalue weighted by Gasteiger charge is -1.98. The minimum Gasteiger partial charge on any atom is -0.356 e. The van der Waals surface area contributed by atoms with Gasteiger partial charge in [0.25, 0.3) is 0 Å². The van der Waals surface area contributed by atoms with Gasteiger partial charge in [0.1, 0.15) is 0 Å². The zero-order chi connectivity index (χ0) is 13.8. The summed E-state index contributed by atoms with van der Waals surface area (Å²) < 4.78 is 6.08. The molecule has 1 aromatic carbocycles. The molecule has 5 nitrogen and oxygen atoms in total. The predicted molar refractivity (Wildman–Crippen MR) is 79.8 cm³/mol. The standard InChI is InChI=1S/C12H11ClIN3O2/c1-7(18)15-5-4-11-16-12(17-19-11)8-2-3-10(14)9(13)6-8/h2-3,6H,4-5H2,1H3,(H,15,18). The van der Waals surface area contributed by atoms with Gasteiger partial charge in [0.05, 0.1) is 5.02 Å². The molecule has 1 amide bonds. The third-order valence-corrected chi connectivity index (χ3v) is 3.93. The molecule has 0 aliphatic rings. The second-order valence-electron chi connectivity index (χ2n) is 3.87. The highest BCUT2D eigenvalue weighted by atomic mass is 127. The van der Waals surface area contributed by atoms with Gasteiger partial charge in [0.2, 0.25) is 17.6 Å². The van der Waals surface area contributed by atoms with Crippen molar-refractivity contribution in [2.45, 2.75) is 13.3 Å². The van der Waals surface area contributed by atoms with Gasteiger partial charge < -0.3 is 9.84 Å². The topological polar surface area (TPSA) is 68.0 Å². The molecule has 0 spiro atoms. The zero-order valence-electron chi connectivity index (χ0n) is 10.1. The molecule has 0 saturated heterocycles. The summed E-state index contributed by atoms with van der Waals surface area (Å²) in [6.45, 7) is 1.94. The van der Waals surface area contributed by atoms with E-state index in [4.69, 9.17) is 16.1 Å². The summed E-state index contributed by atoms with van der Waals surface area (Å²) in [6, 6.07) is 5.58. The van der Waals surface area contributed by atoms with Crippen LogP contribution in [0.25, 0.3) is 11.4 Å². The molecule has 2 aromatic rings. The normalized spacial score (nSPS) is 10.5. The lowest BCUT2D eigenvalue weighted by atomic mass is 10.2. The van der Waals surface area contributed by atoms with E-state index in [2.05, 4.69) is 38.0 Å². The largest absolute Gasteiger partial charge is 0.356 e. The summed E-state index contributed by atoms with van der Waals surface area (Å²) in [5, 5.41) is 7.22. The first-order valence-electron chi connectivity index (χ1n) is 5.58. The fourth-order valence-corrected chi connectivity index (χ4v) is 1.97. The van der Waals surface area contributed by atoms with E-state index in [1.807, 2.05) is 12.1 Å². The van der Waals surface area contributed by atoms with Crippen molar-refractivity contribution in [2.75, 3.05) is 6.54 Å². The number of hydrogen-bond donors (Lipinski definition) is 1. The van der Waals surface area contributed by atoms with Crippen LogP contribution in [0, 0.1) is 3.57 Å². The van der Waals surface area contributed by atoms with E-state index >= 15 is 0 Å². The number of halogens is 2. The van der Waals surface area contributed by atoms with E-state index in [-0.39, 0.29) is 5.91 Å². The monoisotopic (exact) mass is 391 g/mol. The third-order valence-electron chi connectivity index (χ3n) is 2.36. The molecule has 0 aliphatic heterocycles. The van der Waals surface area contributed by atoms with Crippen molar-refractivity contribution in [1.82, 2.24) is 15.5 Å². The van der Waals surface area contributed by atoms with E-state index < -0.39 is 0 Å². The van der Waals surface area contributed by atoms with Crippen molar-refractivity contribution >= 4 is 40.1 Å². The Labute approximate surface area is 128 Å². The summed E-state index contributed by atoms with van der Waals surface area (Å²) in [4.78, 5) is 15.0. The van der Waals surface area contributed by atoms with Crippen molar-refractivity contribution in [1.29, 1.82) is 0 Å². The Balaban J connectivity index is 2.07. The maximum atomic E-state index is 10.7. The molecular weight excluding hydrogens is 381 g/mol. The minimum atomic E-state index is -0.0795. The molecule has 0 bridgehead atoms. The molecule has 0 atom stereocenters. The van der Waals surface area contributed by atoms with E-state index in [0.717, 1.165) is 9.13 Å². The fourth-order valence-electron chi connectivity index (χ4n) is 1.45. The SMILES string of the molecule is CC(=O)NCCc1nc(-c2ccc(I)c(Cl)c2)no1. The predicted octanol–water partition coefficient (Wildman–Crippen LogP) is 2.67. The van der Waals surface area contributed by atoms with E-state index in [1.54, 1.807) is 6.07 Å². The number of aromatic nitrogens is 2. The Hall–Kier alpha value is -1.15. The van der Waals surface area contributed by atoms with Crippen molar-refractivity contribution in [2.24, 2.45) is 0 Å². The molecule has 1 heterocycles. The molecule has 100 valence electrons. The number of hydrogen-bond acceptors (Lipinski definition) is 4. The molecule has 0 saturated carbocycles. The number of nitrogens with zero attached hydrogens (tertiary/aromatic N) is 2. The highest BCUT2D eigenvalue weighted by Crippen LogP contribution is 2.24. The van der Waals surface area contributed by atoms with E-state index in [9.17, 15) is 4.79 Å². The van der Waals surface area contributed by atoms with Crippen molar-refractivity contribution in [3.63, 3.8) is 0 Å². The van der Waals surface area contributed by atoms with Crippen LogP contribution in [0.5, 0.6) is 0 Å². The van der Waals surface area contributed by atoms with Crippen LogP contribution in [0.1, 0.15) is 12.8 Å². The first-order chi connectivity index (χ1) is 9.06. The highest BCUT2D eigenvalue weighted by Gasteiger charge is 2.10. The van der Waals surface area contributed by atoms with Crippen LogP contribution in [0.3, 0.4) is 0 Å². The van der Waals surface area contributed by atoms with Crippen LogP contribution < -0.4 is 5.32 Å². The Bertz CT molecular complexity index is 600. The van der Waals surface area contributed by atoms with Gasteiger partial charge >= 0.3 is 0 Å². The smallest absolute Gasteiger partial charge is 0.228 e.